The molecule has 2 heterocycles. The van der Waals surface area contributed by atoms with E-state index < -0.39 is 0 Å². The van der Waals surface area contributed by atoms with Gasteiger partial charge in [0.05, 0.1) is 6.04 Å². The number of hydrogen-bond acceptors (Lipinski definition) is 2. The zero-order valence-corrected chi connectivity index (χ0v) is 12.3. The van der Waals surface area contributed by atoms with E-state index in [1.54, 1.807) is 0 Å². The molecular weight excluding hydrogens is 260 g/mol. The maximum Gasteiger partial charge on any atom is 0.254 e. The monoisotopic (exact) mass is 280 g/mol. The maximum absolute atomic E-state index is 12.8. The Kier molecular flexibility index (Phi) is 4.00. The first-order valence-corrected chi connectivity index (χ1v) is 7.55. The summed E-state index contributed by atoms with van der Waals surface area (Å²) < 4.78 is 0. The predicted octanol–water partition coefficient (Wildman–Crippen LogP) is 3.76. The minimum Gasteiger partial charge on any atom is -0.332 e. The number of carbonyl (C=O) groups is 1. The van der Waals surface area contributed by atoms with Crippen molar-refractivity contribution < 1.29 is 4.79 Å². The van der Waals surface area contributed by atoms with Gasteiger partial charge in [-0.3, -0.25) is 9.78 Å². The van der Waals surface area contributed by atoms with E-state index in [9.17, 15) is 4.79 Å². The van der Waals surface area contributed by atoms with Crippen molar-refractivity contribution in [3.8, 4) is 0 Å². The smallest absolute Gasteiger partial charge is 0.254 e. The lowest BCUT2D eigenvalue weighted by Crippen LogP contribution is -2.38. The molecule has 0 aliphatic carbocycles. The second-order valence-corrected chi connectivity index (χ2v) is 5.55. The van der Waals surface area contributed by atoms with E-state index in [4.69, 9.17) is 0 Å². The highest BCUT2D eigenvalue weighted by Crippen LogP contribution is 2.33. The van der Waals surface area contributed by atoms with E-state index in [-0.39, 0.29) is 11.9 Å². The molecule has 1 fully saturated rings. The molecule has 1 aliphatic heterocycles. The highest BCUT2D eigenvalue weighted by atomic mass is 16.2. The van der Waals surface area contributed by atoms with Crippen molar-refractivity contribution in [3.63, 3.8) is 0 Å². The maximum atomic E-state index is 12.8. The van der Waals surface area contributed by atoms with E-state index in [0.717, 1.165) is 37.1 Å². The first-order valence-electron chi connectivity index (χ1n) is 7.55. The second kappa shape index (κ2) is 6.08. The van der Waals surface area contributed by atoms with Gasteiger partial charge in [0.1, 0.15) is 0 Å². The number of amides is 1. The number of nitrogens with zero attached hydrogens (tertiary/aromatic N) is 2. The van der Waals surface area contributed by atoms with Crippen molar-refractivity contribution in [3.05, 3.63) is 65.5 Å². The van der Waals surface area contributed by atoms with Gasteiger partial charge in [0.15, 0.2) is 0 Å². The van der Waals surface area contributed by atoms with Crippen LogP contribution in [0.25, 0.3) is 0 Å². The molecule has 1 aromatic heterocycles. The number of rotatable bonds is 2. The van der Waals surface area contributed by atoms with Crippen LogP contribution in [-0.2, 0) is 0 Å². The summed E-state index contributed by atoms with van der Waals surface area (Å²) in [7, 11) is 0. The fourth-order valence-corrected chi connectivity index (χ4v) is 3.09. The molecule has 21 heavy (non-hydrogen) atoms. The summed E-state index contributed by atoms with van der Waals surface area (Å²) >= 11 is 0. The molecule has 0 radical (unpaired) electrons. The summed E-state index contributed by atoms with van der Waals surface area (Å²) in [5, 5.41) is 0. The Morgan fingerprint density at radius 2 is 1.95 bits per heavy atom. The number of aromatic nitrogens is 1. The molecule has 1 amide bonds. The van der Waals surface area contributed by atoms with Gasteiger partial charge in [-0.2, -0.15) is 0 Å². The van der Waals surface area contributed by atoms with Crippen LogP contribution >= 0.6 is 0 Å². The molecular formula is C18H20N2O. The van der Waals surface area contributed by atoms with Gasteiger partial charge in [-0.05, 0) is 49.9 Å². The highest BCUT2D eigenvalue weighted by Gasteiger charge is 2.29. The first kappa shape index (κ1) is 13.8. The number of benzene rings is 1. The molecule has 1 aromatic carbocycles. The van der Waals surface area contributed by atoms with Crippen molar-refractivity contribution in [1.82, 2.24) is 9.88 Å². The zero-order valence-electron chi connectivity index (χ0n) is 12.3. The average molecular weight is 280 g/mol. The molecule has 3 rings (SSSR count). The first-order chi connectivity index (χ1) is 10.3. The van der Waals surface area contributed by atoms with Crippen LogP contribution in [0, 0.1) is 6.92 Å². The van der Waals surface area contributed by atoms with Crippen molar-refractivity contribution in [1.29, 1.82) is 0 Å². The van der Waals surface area contributed by atoms with Gasteiger partial charge in [0.25, 0.3) is 5.91 Å². The van der Waals surface area contributed by atoms with Crippen LogP contribution in [-0.4, -0.2) is 22.3 Å². The average Bonchev–Trinajstić information content (AvgIpc) is 2.55. The third-order valence-corrected chi connectivity index (χ3v) is 4.19. The number of hydrogen-bond donors (Lipinski definition) is 0. The third-order valence-electron chi connectivity index (χ3n) is 4.19. The summed E-state index contributed by atoms with van der Waals surface area (Å²) in [5.41, 5.74) is 2.97. The summed E-state index contributed by atoms with van der Waals surface area (Å²) in [6, 6.07) is 13.8. The number of likely N-dealkylation sites (tertiary alicyclic amines) is 1. The summed E-state index contributed by atoms with van der Waals surface area (Å²) in [5.74, 6) is 0.128. The van der Waals surface area contributed by atoms with E-state index in [2.05, 4.69) is 11.1 Å². The zero-order chi connectivity index (χ0) is 14.7. The molecule has 2 aromatic rings. The van der Waals surface area contributed by atoms with E-state index in [0.29, 0.717) is 0 Å². The Balaban J connectivity index is 1.92. The van der Waals surface area contributed by atoms with Crippen LogP contribution in [0.15, 0.2) is 48.7 Å². The van der Waals surface area contributed by atoms with Crippen molar-refractivity contribution in [2.24, 2.45) is 0 Å². The Morgan fingerprint density at radius 3 is 2.71 bits per heavy atom. The molecule has 0 unspecified atom stereocenters. The molecule has 108 valence electrons. The van der Waals surface area contributed by atoms with Crippen molar-refractivity contribution in [2.75, 3.05) is 6.54 Å². The van der Waals surface area contributed by atoms with Gasteiger partial charge in [-0.1, -0.05) is 24.3 Å². The summed E-state index contributed by atoms with van der Waals surface area (Å²) in [4.78, 5) is 19.2. The van der Waals surface area contributed by atoms with E-state index in [1.807, 2.05) is 54.4 Å². The van der Waals surface area contributed by atoms with Gasteiger partial charge < -0.3 is 4.90 Å². The Bertz CT molecular complexity index is 624. The second-order valence-electron chi connectivity index (χ2n) is 5.55. The Labute approximate surface area is 125 Å². The quantitative estimate of drug-likeness (QED) is 0.839. The van der Waals surface area contributed by atoms with Crippen LogP contribution in [0.5, 0.6) is 0 Å². The van der Waals surface area contributed by atoms with Crippen LogP contribution in [0.2, 0.25) is 0 Å². The Hall–Kier alpha value is -2.16. The number of pyridine rings is 1. The van der Waals surface area contributed by atoms with Crippen LogP contribution in [0.4, 0.5) is 0 Å². The van der Waals surface area contributed by atoms with Gasteiger partial charge in [0, 0.05) is 24.0 Å². The largest absolute Gasteiger partial charge is 0.332 e. The lowest BCUT2D eigenvalue weighted by molar-refractivity contribution is 0.0610. The molecule has 3 nitrogen and oxygen atoms in total. The third kappa shape index (κ3) is 2.82. The molecule has 1 saturated heterocycles. The van der Waals surface area contributed by atoms with Gasteiger partial charge in [-0.25, -0.2) is 0 Å². The molecule has 0 N–H and O–H groups in total. The van der Waals surface area contributed by atoms with Gasteiger partial charge in [0.2, 0.25) is 0 Å². The van der Waals surface area contributed by atoms with Gasteiger partial charge in [-0.15, -0.1) is 0 Å². The minimum atomic E-state index is 0.128. The molecule has 3 heteroatoms. The number of piperidine rings is 1. The molecule has 1 atom stereocenters. The van der Waals surface area contributed by atoms with E-state index >= 15 is 0 Å². The predicted molar refractivity (Wildman–Crippen MR) is 83.0 cm³/mol. The normalized spacial score (nSPS) is 18.5. The minimum absolute atomic E-state index is 0.128. The number of carbonyl (C=O) groups excluding carboxylic acids is 1. The topological polar surface area (TPSA) is 33.2 Å². The Morgan fingerprint density at radius 1 is 1.14 bits per heavy atom. The summed E-state index contributed by atoms with van der Waals surface area (Å²) in [6.45, 7) is 2.85. The molecule has 0 bridgehead atoms. The highest BCUT2D eigenvalue weighted by molar-refractivity contribution is 5.94. The van der Waals surface area contributed by atoms with E-state index in [1.165, 1.54) is 5.56 Å². The van der Waals surface area contributed by atoms with Crippen LogP contribution < -0.4 is 0 Å². The summed E-state index contributed by atoms with van der Waals surface area (Å²) in [6.07, 6.45) is 5.07. The van der Waals surface area contributed by atoms with Crippen LogP contribution in [0.1, 0.15) is 46.9 Å². The van der Waals surface area contributed by atoms with Crippen LogP contribution in [0.3, 0.4) is 0 Å². The van der Waals surface area contributed by atoms with Crippen molar-refractivity contribution in [2.45, 2.75) is 32.2 Å². The lowest BCUT2D eigenvalue weighted by atomic mass is 9.93. The van der Waals surface area contributed by atoms with Gasteiger partial charge >= 0.3 is 0 Å². The number of aryl methyl sites for hydroxylation is 1. The van der Waals surface area contributed by atoms with Crippen molar-refractivity contribution >= 4 is 5.91 Å². The lowest BCUT2D eigenvalue weighted by Gasteiger charge is -2.36. The SMILES string of the molecule is Cc1ncccc1[C@@H]1CCCCN1C(=O)c1ccccc1. The fourth-order valence-electron chi connectivity index (χ4n) is 3.09. The molecule has 0 saturated carbocycles. The molecule has 0 spiro atoms. The standard InChI is InChI=1S/C18H20N2O/c1-14-16(10-7-12-19-14)17-11-5-6-13-20(17)18(21)15-8-3-2-4-9-15/h2-4,7-10,12,17H,5-6,11,13H2,1H3/t17-/m0/s1. The molecule has 1 aliphatic rings. The fraction of sp³-hybridized carbons (Fsp3) is 0.333.